The third-order valence-electron chi connectivity index (χ3n) is 2.55. The fourth-order valence-electron chi connectivity index (χ4n) is 1.66. The van der Waals surface area contributed by atoms with Gasteiger partial charge in [-0.2, -0.15) is 5.21 Å². The SMILES string of the molecule is O=C(Nc1cccc(-c2nn[nH]n2)c1)c1sccc1Br. The molecule has 3 rings (SSSR count). The lowest BCUT2D eigenvalue weighted by Gasteiger charge is -2.05. The fourth-order valence-corrected chi connectivity index (χ4v) is 3.11. The number of aromatic nitrogens is 4. The third-order valence-corrected chi connectivity index (χ3v) is 4.38. The summed E-state index contributed by atoms with van der Waals surface area (Å²) in [7, 11) is 0. The minimum atomic E-state index is -0.155. The molecule has 0 aliphatic rings. The van der Waals surface area contributed by atoms with E-state index in [9.17, 15) is 4.79 Å². The van der Waals surface area contributed by atoms with Gasteiger partial charge in [0.25, 0.3) is 5.91 Å². The maximum Gasteiger partial charge on any atom is 0.266 e. The number of rotatable bonds is 3. The molecule has 0 aliphatic carbocycles. The second-order valence-electron chi connectivity index (χ2n) is 3.87. The maximum atomic E-state index is 12.1. The van der Waals surface area contributed by atoms with E-state index in [0.717, 1.165) is 10.0 Å². The zero-order chi connectivity index (χ0) is 13.9. The van der Waals surface area contributed by atoms with E-state index in [1.165, 1.54) is 11.3 Å². The molecule has 100 valence electrons. The summed E-state index contributed by atoms with van der Waals surface area (Å²) in [6.07, 6.45) is 0. The first kappa shape index (κ1) is 12.9. The average molecular weight is 350 g/mol. The molecule has 8 heteroatoms. The lowest BCUT2D eigenvalue weighted by atomic mass is 10.2. The topological polar surface area (TPSA) is 83.6 Å². The van der Waals surface area contributed by atoms with Crippen LogP contribution in [0.3, 0.4) is 0 Å². The Morgan fingerprint density at radius 1 is 1.35 bits per heavy atom. The molecule has 0 saturated carbocycles. The van der Waals surface area contributed by atoms with Crippen molar-refractivity contribution in [3.63, 3.8) is 0 Å². The van der Waals surface area contributed by atoms with Crippen LogP contribution in [0, 0.1) is 0 Å². The fraction of sp³-hybridized carbons (Fsp3) is 0. The number of aromatic amines is 1. The zero-order valence-corrected chi connectivity index (χ0v) is 12.4. The number of carbonyl (C=O) groups is 1. The van der Waals surface area contributed by atoms with E-state index in [1.807, 2.05) is 29.6 Å². The monoisotopic (exact) mass is 349 g/mol. The molecule has 0 saturated heterocycles. The van der Waals surface area contributed by atoms with Gasteiger partial charge in [0.05, 0.1) is 0 Å². The number of nitrogens with zero attached hydrogens (tertiary/aromatic N) is 3. The summed E-state index contributed by atoms with van der Waals surface area (Å²) in [6.45, 7) is 0. The number of hydrogen-bond acceptors (Lipinski definition) is 5. The van der Waals surface area contributed by atoms with Crippen LogP contribution >= 0.6 is 27.3 Å². The van der Waals surface area contributed by atoms with Crippen LogP contribution in [-0.4, -0.2) is 26.5 Å². The summed E-state index contributed by atoms with van der Waals surface area (Å²) >= 11 is 4.72. The van der Waals surface area contributed by atoms with Crippen LogP contribution in [0.1, 0.15) is 9.67 Å². The number of anilines is 1. The number of benzene rings is 1. The molecule has 0 atom stereocenters. The second-order valence-corrected chi connectivity index (χ2v) is 5.64. The molecule has 0 spiro atoms. The number of amides is 1. The van der Waals surface area contributed by atoms with E-state index in [4.69, 9.17) is 0 Å². The molecule has 0 aliphatic heterocycles. The molecular formula is C12H8BrN5OS. The smallest absolute Gasteiger partial charge is 0.266 e. The van der Waals surface area contributed by atoms with E-state index in [0.29, 0.717) is 16.4 Å². The predicted octanol–water partition coefficient (Wildman–Crippen LogP) is 2.94. The van der Waals surface area contributed by atoms with Crippen LogP contribution in [0.25, 0.3) is 11.4 Å². The molecule has 2 N–H and O–H groups in total. The second kappa shape index (κ2) is 5.51. The Morgan fingerprint density at radius 3 is 2.95 bits per heavy atom. The van der Waals surface area contributed by atoms with E-state index >= 15 is 0 Å². The van der Waals surface area contributed by atoms with Crippen molar-refractivity contribution in [1.82, 2.24) is 20.6 Å². The van der Waals surface area contributed by atoms with Gasteiger partial charge in [-0.05, 0) is 44.7 Å². The normalized spacial score (nSPS) is 10.4. The average Bonchev–Trinajstić information content (AvgIpc) is 3.09. The van der Waals surface area contributed by atoms with Crippen molar-refractivity contribution in [3.8, 4) is 11.4 Å². The molecule has 3 aromatic rings. The molecule has 1 amide bonds. The summed E-state index contributed by atoms with van der Waals surface area (Å²) in [6, 6.07) is 9.12. The summed E-state index contributed by atoms with van der Waals surface area (Å²) in [5, 5.41) is 18.4. The first-order valence-corrected chi connectivity index (χ1v) is 7.29. The number of thiophene rings is 1. The molecule has 2 heterocycles. The lowest BCUT2D eigenvalue weighted by molar-refractivity contribution is 0.103. The van der Waals surface area contributed by atoms with Crippen LogP contribution < -0.4 is 5.32 Å². The highest BCUT2D eigenvalue weighted by Gasteiger charge is 2.12. The minimum Gasteiger partial charge on any atom is -0.321 e. The number of halogens is 1. The summed E-state index contributed by atoms with van der Waals surface area (Å²) in [5.74, 6) is 0.329. The molecule has 0 radical (unpaired) electrons. The molecule has 0 unspecified atom stereocenters. The highest BCUT2D eigenvalue weighted by Crippen LogP contribution is 2.24. The van der Waals surface area contributed by atoms with Gasteiger partial charge in [-0.3, -0.25) is 4.79 Å². The summed E-state index contributed by atoms with van der Waals surface area (Å²) in [5.41, 5.74) is 1.46. The molecule has 20 heavy (non-hydrogen) atoms. The van der Waals surface area contributed by atoms with Gasteiger partial charge in [0, 0.05) is 15.7 Å². The number of hydrogen-bond donors (Lipinski definition) is 2. The number of carbonyl (C=O) groups excluding carboxylic acids is 1. The van der Waals surface area contributed by atoms with Crippen LogP contribution in [0.4, 0.5) is 5.69 Å². The van der Waals surface area contributed by atoms with Crippen LogP contribution in [0.5, 0.6) is 0 Å². The highest BCUT2D eigenvalue weighted by molar-refractivity contribution is 9.10. The molecule has 6 nitrogen and oxygen atoms in total. The Labute approximate surface area is 126 Å². The quantitative estimate of drug-likeness (QED) is 0.761. The first-order chi connectivity index (χ1) is 9.74. The predicted molar refractivity (Wildman–Crippen MR) is 79.6 cm³/mol. The highest BCUT2D eigenvalue weighted by atomic mass is 79.9. The minimum absolute atomic E-state index is 0.155. The van der Waals surface area contributed by atoms with Crippen LogP contribution in [0.15, 0.2) is 40.2 Å². The van der Waals surface area contributed by atoms with E-state index in [1.54, 1.807) is 6.07 Å². The van der Waals surface area contributed by atoms with Gasteiger partial charge >= 0.3 is 0 Å². The Morgan fingerprint density at radius 2 is 2.25 bits per heavy atom. The summed E-state index contributed by atoms with van der Waals surface area (Å²) in [4.78, 5) is 12.7. The van der Waals surface area contributed by atoms with Crippen molar-refractivity contribution in [3.05, 3.63) is 45.1 Å². The summed E-state index contributed by atoms with van der Waals surface area (Å²) < 4.78 is 0.786. The van der Waals surface area contributed by atoms with E-state index in [2.05, 4.69) is 41.9 Å². The molecule has 2 aromatic heterocycles. The largest absolute Gasteiger partial charge is 0.321 e. The Bertz CT molecular complexity index is 740. The van der Waals surface area contributed by atoms with Crippen LogP contribution in [0.2, 0.25) is 0 Å². The van der Waals surface area contributed by atoms with Crippen molar-refractivity contribution in [2.45, 2.75) is 0 Å². The van der Waals surface area contributed by atoms with Crippen molar-refractivity contribution in [2.24, 2.45) is 0 Å². The van der Waals surface area contributed by atoms with Crippen molar-refractivity contribution in [1.29, 1.82) is 0 Å². The van der Waals surface area contributed by atoms with E-state index < -0.39 is 0 Å². The lowest BCUT2D eigenvalue weighted by Crippen LogP contribution is -2.10. The van der Waals surface area contributed by atoms with Crippen molar-refractivity contribution in [2.75, 3.05) is 5.32 Å². The molecule has 0 fully saturated rings. The van der Waals surface area contributed by atoms with Gasteiger partial charge in [-0.25, -0.2) is 0 Å². The van der Waals surface area contributed by atoms with E-state index in [-0.39, 0.29) is 5.91 Å². The molecule has 1 aromatic carbocycles. The van der Waals surface area contributed by atoms with Gasteiger partial charge in [-0.15, -0.1) is 21.5 Å². The van der Waals surface area contributed by atoms with Gasteiger partial charge in [0.15, 0.2) is 0 Å². The van der Waals surface area contributed by atoms with Gasteiger partial charge in [0.2, 0.25) is 5.82 Å². The third kappa shape index (κ3) is 2.61. The van der Waals surface area contributed by atoms with Gasteiger partial charge in [-0.1, -0.05) is 12.1 Å². The Balaban J connectivity index is 1.83. The first-order valence-electron chi connectivity index (χ1n) is 5.62. The van der Waals surface area contributed by atoms with Crippen molar-refractivity contribution < 1.29 is 4.79 Å². The van der Waals surface area contributed by atoms with Gasteiger partial charge in [0.1, 0.15) is 4.88 Å². The zero-order valence-electron chi connectivity index (χ0n) is 10.0. The Hall–Kier alpha value is -2.06. The number of tetrazole rings is 1. The van der Waals surface area contributed by atoms with Crippen molar-refractivity contribution >= 4 is 38.9 Å². The maximum absolute atomic E-state index is 12.1. The van der Waals surface area contributed by atoms with Gasteiger partial charge < -0.3 is 5.32 Å². The number of nitrogens with one attached hydrogen (secondary N) is 2. The standard InChI is InChI=1S/C12H8BrN5OS/c13-9-4-5-20-10(9)12(19)14-8-3-1-2-7(6-8)11-15-17-18-16-11/h1-6H,(H,14,19)(H,15,16,17,18). The Kier molecular flexibility index (Phi) is 3.57. The molecular weight excluding hydrogens is 342 g/mol. The number of H-pyrrole nitrogens is 1. The molecule has 0 bridgehead atoms. The van der Waals surface area contributed by atoms with Crippen LogP contribution in [-0.2, 0) is 0 Å².